The lowest BCUT2D eigenvalue weighted by molar-refractivity contribution is 0.184. The van der Waals surface area contributed by atoms with Crippen molar-refractivity contribution in [2.75, 3.05) is 12.4 Å². The highest BCUT2D eigenvalue weighted by Gasteiger charge is 1.98. The van der Waals surface area contributed by atoms with Gasteiger partial charge in [0.1, 0.15) is 0 Å². The van der Waals surface area contributed by atoms with Crippen molar-refractivity contribution in [1.29, 1.82) is 0 Å². The summed E-state index contributed by atoms with van der Waals surface area (Å²) in [7, 11) is 1.73. The first-order valence-electron chi connectivity index (χ1n) is 4.00. The summed E-state index contributed by atoms with van der Waals surface area (Å²) in [6.07, 6.45) is 1.07. The number of aryl methyl sites for hydroxylation is 1. The van der Waals surface area contributed by atoms with Crippen LogP contribution in [0, 0.1) is 0 Å². The molecule has 1 nitrogen and oxygen atoms in total. The Bertz CT molecular complexity index is 210. The molecule has 0 aliphatic carbocycles. The average molecular weight is 229 g/mol. The molecule has 0 radical (unpaired) electrons. The maximum Gasteiger partial charge on any atom is 0.0715 e. The zero-order chi connectivity index (χ0) is 8.81. The van der Waals surface area contributed by atoms with Crippen molar-refractivity contribution in [3.8, 4) is 0 Å². The number of rotatable bonds is 4. The van der Waals surface area contributed by atoms with Crippen LogP contribution in [0.25, 0.3) is 0 Å². The third kappa shape index (κ3) is 2.61. The molecule has 12 heavy (non-hydrogen) atoms. The van der Waals surface area contributed by atoms with Crippen LogP contribution >= 0.6 is 15.9 Å². The van der Waals surface area contributed by atoms with Crippen molar-refractivity contribution in [2.24, 2.45) is 0 Å². The van der Waals surface area contributed by atoms with E-state index in [-0.39, 0.29) is 0 Å². The second-order valence-electron chi connectivity index (χ2n) is 2.64. The van der Waals surface area contributed by atoms with Crippen molar-refractivity contribution in [3.63, 3.8) is 0 Å². The maximum atomic E-state index is 5.10. The van der Waals surface area contributed by atoms with Gasteiger partial charge in [-0.2, -0.15) is 0 Å². The van der Waals surface area contributed by atoms with E-state index in [4.69, 9.17) is 4.74 Å². The third-order valence-corrected chi connectivity index (χ3v) is 2.18. The second kappa shape index (κ2) is 5.33. The molecule has 0 atom stereocenters. The molecule has 0 fully saturated rings. The lowest BCUT2D eigenvalue weighted by Gasteiger charge is -2.06. The van der Waals surface area contributed by atoms with Gasteiger partial charge in [-0.1, -0.05) is 40.2 Å². The minimum absolute atomic E-state index is 0.711. The van der Waals surface area contributed by atoms with Crippen LogP contribution in [-0.4, -0.2) is 12.4 Å². The fraction of sp³-hybridized carbons (Fsp3) is 0.400. The number of halogens is 1. The van der Waals surface area contributed by atoms with E-state index in [0.717, 1.165) is 11.8 Å². The molecule has 0 N–H and O–H groups in total. The smallest absolute Gasteiger partial charge is 0.0715 e. The molecule has 0 saturated heterocycles. The summed E-state index contributed by atoms with van der Waals surface area (Å²) in [4.78, 5) is 0. The standard InChI is InChI=1S/C10H13BrO/c1-12-8-10-5-3-2-4-9(10)6-7-11/h2-5H,6-8H2,1H3. The summed E-state index contributed by atoms with van der Waals surface area (Å²) in [5, 5.41) is 1.01. The molecule has 0 aliphatic heterocycles. The van der Waals surface area contributed by atoms with Gasteiger partial charge < -0.3 is 4.74 Å². The fourth-order valence-corrected chi connectivity index (χ4v) is 1.63. The molecule has 1 rings (SSSR count). The van der Waals surface area contributed by atoms with Crippen LogP contribution in [0.4, 0.5) is 0 Å². The van der Waals surface area contributed by atoms with E-state index in [1.807, 2.05) is 6.07 Å². The van der Waals surface area contributed by atoms with Crippen LogP contribution in [0.1, 0.15) is 11.1 Å². The van der Waals surface area contributed by atoms with Gasteiger partial charge in [0.05, 0.1) is 6.61 Å². The molecule has 0 saturated carbocycles. The first-order chi connectivity index (χ1) is 5.88. The molecule has 0 aromatic heterocycles. The highest BCUT2D eigenvalue weighted by Crippen LogP contribution is 2.11. The first-order valence-corrected chi connectivity index (χ1v) is 5.12. The van der Waals surface area contributed by atoms with Crippen LogP contribution in [-0.2, 0) is 17.8 Å². The molecule has 66 valence electrons. The molecule has 0 aliphatic rings. The van der Waals surface area contributed by atoms with Gasteiger partial charge in [0, 0.05) is 12.4 Å². The Hall–Kier alpha value is -0.340. The largest absolute Gasteiger partial charge is 0.380 e. The Morgan fingerprint density at radius 1 is 1.25 bits per heavy atom. The number of methoxy groups -OCH3 is 1. The number of ether oxygens (including phenoxy) is 1. The van der Waals surface area contributed by atoms with Crippen molar-refractivity contribution >= 4 is 15.9 Å². The SMILES string of the molecule is COCc1ccccc1CCBr. The topological polar surface area (TPSA) is 9.23 Å². The zero-order valence-electron chi connectivity index (χ0n) is 7.22. The Morgan fingerprint density at radius 2 is 1.92 bits per heavy atom. The van der Waals surface area contributed by atoms with Gasteiger partial charge in [-0.25, -0.2) is 0 Å². The van der Waals surface area contributed by atoms with Gasteiger partial charge in [0.25, 0.3) is 0 Å². The maximum absolute atomic E-state index is 5.10. The van der Waals surface area contributed by atoms with E-state index in [1.165, 1.54) is 11.1 Å². The number of hydrogen-bond donors (Lipinski definition) is 0. The summed E-state index contributed by atoms with van der Waals surface area (Å²) < 4.78 is 5.10. The van der Waals surface area contributed by atoms with Gasteiger partial charge in [-0.3, -0.25) is 0 Å². The van der Waals surface area contributed by atoms with Gasteiger partial charge in [0.15, 0.2) is 0 Å². The number of benzene rings is 1. The molecule has 0 bridgehead atoms. The predicted octanol–water partition coefficient (Wildman–Crippen LogP) is 2.77. The van der Waals surface area contributed by atoms with Gasteiger partial charge in [-0.15, -0.1) is 0 Å². The minimum Gasteiger partial charge on any atom is -0.380 e. The Kier molecular flexibility index (Phi) is 4.33. The lowest BCUT2D eigenvalue weighted by Crippen LogP contribution is -1.95. The third-order valence-electron chi connectivity index (χ3n) is 1.78. The molecule has 2 heteroatoms. The first kappa shape index (κ1) is 9.75. The Balaban J connectivity index is 2.77. The van der Waals surface area contributed by atoms with Crippen LogP contribution in [0.15, 0.2) is 24.3 Å². The molecular formula is C10H13BrO. The summed E-state index contributed by atoms with van der Waals surface area (Å²) in [6.45, 7) is 0.711. The normalized spacial score (nSPS) is 10.2. The van der Waals surface area contributed by atoms with E-state index in [2.05, 4.69) is 34.1 Å². The molecule has 1 aromatic rings. The quantitative estimate of drug-likeness (QED) is 0.721. The van der Waals surface area contributed by atoms with Gasteiger partial charge in [0.2, 0.25) is 0 Å². The highest BCUT2D eigenvalue weighted by atomic mass is 79.9. The Morgan fingerprint density at radius 3 is 2.50 bits per heavy atom. The van der Waals surface area contributed by atoms with Crippen LogP contribution in [0.5, 0.6) is 0 Å². The molecule has 0 heterocycles. The lowest BCUT2D eigenvalue weighted by atomic mass is 10.1. The summed E-state index contributed by atoms with van der Waals surface area (Å²) in [6, 6.07) is 8.38. The van der Waals surface area contributed by atoms with E-state index >= 15 is 0 Å². The van der Waals surface area contributed by atoms with E-state index in [0.29, 0.717) is 6.61 Å². The van der Waals surface area contributed by atoms with Gasteiger partial charge in [-0.05, 0) is 17.5 Å². The summed E-state index contributed by atoms with van der Waals surface area (Å²) in [5.41, 5.74) is 2.66. The average Bonchev–Trinajstić information content (AvgIpc) is 2.09. The van der Waals surface area contributed by atoms with E-state index < -0.39 is 0 Å². The van der Waals surface area contributed by atoms with Crippen LogP contribution in [0.2, 0.25) is 0 Å². The highest BCUT2D eigenvalue weighted by molar-refractivity contribution is 9.09. The van der Waals surface area contributed by atoms with E-state index in [9.17, 15) is 0 Å². The monoisotopic (exact) mass is 228 g/mol. The number of hydrogen-bond acceptors (Lipinski definition) is 1. The molecule has 0 spiro atoms. The molecule has 0 unspecified atom stereocenters. The fourth-order valence-electron chi connectivity index (χ4n) is 1.20. The van der Waals surface area contributed by atoms with Crippen molar-refractivity contribution in [3.05, 3.63) is 35.4 Å². The molecule has 0 amide bonds. The van der Waals surface area contributed by atoms with Crippen LogP contribution < -0.4 is 0 Å². The van der Waals surface area contributed by atoms with Gasteiger partial charge >= 0.3 is 0 Å². The molecule has 1 aromatic carbocycles. The number of alkyl halides is 1. The van der Waals surface area contributed by atoms with E-state index in [1.54, 1.807) is 7.11 Å². The molecular weight excluding hydrogens is 216 g/mol. The minimum atomic E-state index is 0.711. The Labute approximate surface area is 81.9 Å². The summed E-state index contributed by atoms with van der Waals surface area (Å²) >= 11 is 3.43. The predicted molar refractivity (Wildman–Crippen MR) is 54.7 cm³/mol. The van der Waals surface area contributed by atoms with Crippen LogP contribution in [0.3, 0.4) is 0 Å². The summed E-state index contributed by atoms with van der Waals surface area (Å²) in [5.74, 6) is 0. The zero-order valence-corrected chi connectivity index (χ0v) is 8.80. The van der Waals surface area contributed by atoms with Crippen molar-refractivity contribution in [1.82, 2.24) is 0 Å². The second-order valence-corrected chi connectivity index (χ2v) is 3.43. The van der Waals surface area contributed by atoms with Crippen molar-refractivity contribution in [2.45, 2.75) is 13.0 Å². The van der Waals surface area contributed by atoms with Crippen molar-refractivity contribution < 1.29 is 4.74 Å².